The maximum Gasteiger partial charge on any atom is 0.131 e. The summed E-state index contributed by atoms with van der Waals surface area (Å²) in [6, 6.07) is 10.7. The van der Waals surface area contributed by atoms with E-state index in [2.05, 4.69) is 0 Å². The predicted molar refractivity (Wildman–Crippen MR) is 54.6 cm³/mol. The van der Waals surface area contributed by atoms with Crippen LogP contribution in [0.4, 0.5) is 4.39 Å². The molecule has 0 aliphatic carbocycles. The summed E-state index contributed by atoms with van der Waals surface area (Å²) in [5.74, 6) is -0.180. The normalized spacial score (nSPS) is 10.7. The van der Waals surface area contributed by atoms with Crippen molar-refractivity contribution in [2.75, 3.05) is 7.11 Å². The minimum absolute atomic E-state index is 0.180. The number of hydrogen-bond acceptors (Lipinski definition) is 1. The smallest absolute Gasteiger partial charge is 0.131 e. The third-order valence-electron chi connectivity index (χ3n) is 2.26. The zero-order chi connectivity index (χ0) is 9.97. The largest absolute Gasteiger partial charge is 0.380 e. The van der Waals surface area contributed by atoms with Gasteiger partial charge in [-0.2, -0.15) is 0 Å². The minimum Gasteiger partial charge on any atom is -0.380 e. The molecular weight excluding hydrogens is 179 g/mol. The molecule has 0 aromatic heterocycles. The molecule has 0 spiro atoms. The van der Waals surface area contributed by atoms with Crippen molar-refractivity contribution in [3.63, 3.8) is 0 Å². The summed E-state index contributed by atoms with van der Waals surface area (Å²) in [5, 5.41) is 1.58. The van der Waals surface area contributed by atoms with Crippen molar-refractivity contribution in [1.29, 1.82) is 0 Å². The zero-order valence-electron chi connectivity index (χ0n) is 7.96. The molecule has 0 aliphatic rings. The van der Waals surface area contributed by atoms with Gasteiger partial charge in [0, 0.05) is 12.5 Å². The lowest BCUT2D eigenvalue weighted by molar-refractivity contribution is 0.186. The van der Waals surface area contributed by atoms with Gasteiger partial charge in [0.05, 0.1) is 6.61 Å². The molecular formula is C12H11FO. The topological polar surface area (TPSA) is 9.23 Å². The van der Waals surface area contributed by atoms with E-state index in [0.29, 0.717) is 12.0 Å². The molecule has 72 valence electrons. The predicted octanol–water partition coefficient (Wildman–Crippen LogP) is 3.13. The molecule has 0 unspecified atom stereocenters. The molecule has 2 rings (SSSR count). The van der Waals surface area contributed by atoms with E-state index in [9.17, 15) is 4.39 Å². The number of rotatable bonds is 2. The Labute approximate surface area is 82.1 Å². The fraction of sp³-hybridized carbons (Fsp3) is 0.167. The summed E-state index contributed by atoms with van der Waals surface area (Å²) >= 11 is 0. The molecule has 0 N–H and O–H groups in total. The molecule has 0 bridgehead atoms. The van der Waals surface area contributed by atoms with Gasteiger partial charge < -0.3 is 4.74 Å². The van der Waals surface area contributed by atoms with E-state index in [1.165, 1.54) is 6.07 Å². The summed E-state index contributed by atoms with van der Waals surface area (Å²) in [5.41, 5.74) is 1.02. The summed E-state index contributed by atoms with van der Waals surface area (Å²) in [6.07, 6.45) is 0. The Balaban J connectivity index is 2.68. The Hall–Kier alpha value is -1.41. The number of ether oxygens (including phenoxy) is 1. The van der Waals surface area contributed by atoms with Crippen molar-refractivity contribution in [2.45, 2.75) is 6.61 Å². The van der Waals surface area contributed by atoms with Crippen LogP contribution in [0, 0.1) is 5.82 Å². The van der Waals surface area contributed by atoms with Crippen LogP contribution in [0.15, 0.2) is 36.4 Å². The van der Waals surface area contributed by atoms with Gasteiger partial charge in [0.15, 0.2) is 0 Å². The first-order valence-electron chi connectivity index (χ1n) is 4.48. The molecule has 0 amide bonds. The van der Waals surface area contributed by atoms with Crippen LogP contribution in [0.25, 0.3) is 10.8 Å². The highest BCUT2D eigenvalue weighted by Crippen LogP contribution is 2.21. The molecule has 0 heterocycles. The Bertz CT molecular complexity index is 451. The molecule has 0 fully saturated rings. The van der Waals surface area contributed by atoms with Crippen molar-refractivity contribution in [3.05, 3.63) is 47.8 Å². The number of fused-ring (bicyclic) bond motifs is 1. The third-order valence-corrected chi connectivity index (χ3v) is 2.26. The second-order valence-corrected chi connectivity index (χ2v) is 3.19. The van der Waals surface area contributed by atoms with Crippen molar-refractivity contribution >= 4 is 10.8 Å². The van der Waals surface area contributed by atoms with E-state index in [1.807, 2.05) is 18.2 Å². The van der Waals surface area contributed by atoms with E-state index in [-0.39, 0.29) is 5.82 Å². The number of hydrogen-bond donors (Lipinski definition) is 0. The number of methoxy groups -OCH3 is 1. The minimum atomic E-state index is -0.180. The average molecular weight is 190 g/mol. The highest BCUT2D eigenvalue weighted by Gasteiger charge is 2.03. The van der Waals surface area contributed by atoms with Gasteiger partial charge in [-0.3, -0.25) is 0 Å². The molecule has 2 heteroatoms. The average Bonchev–Trinajstić information content (AvgIpc) is 2.20. The Morgan fingerprint density at radius 1 is 1.07 bits per heavy atom. The molecule has 14 heavy (non-hydrogen) atoms. The molecule has 2 aromatic carbocycles. The van der Waals surface area contributed by atoms with Crippen LogP contribution in [-0.4, -0.2) is 7.11 Å². The van der Waals surface area contributed by atoms with Crippen molar-refractivity contribution < 1.29 is 9.13 Å². The first-order chi connectivity index (χ1) is 6.83. The maximum absolute atomic E-state index is 13.4. The summed E-state index contributed by atoms with van der Waals surface area (Å²) in [4.78, 5) is 0. The summed E-state index contributed by atoms with van der Waals surface area (Å²) in [6.45, 7) is 0.515. The number of halogens is 1. The lowest BCUT2D eigenvalue weighted by Crippen LogP contribution is -1.90. The zero-order valence-corrected chi connectivity index (χ0v) is 7.96. The van der Waals surface area contributed by atoms with Crippen LogP contribution in [0.3, 0.4) is 0 Å². The SMILES string of the molecule is COCc1cccc2c(F)cccc12. The van der Waals surface area contributed by atoms with Gasteiger partial charge >= 0.3 is 0 Å². The lowest BCUT2D eigenvalue weighted by Gasteiger charge is -2.05. The van der Waals surface area contributed by atoms with Crippen LogP contribution < -0.4 is 0 Å². The first-order valence-corrected chi connectivity index (χ1v) is 4.48. The van der Waals surface area contributed by atoms with E-state index < -0.39 is 0 Å². The molecule has 0 saturated heterocycles. The van der Waals surface area contributed by atoms with Crippen molar-refractivity contribution in [1.82, 2.24) is 0 Å². The van der Waals surface area contributed by atoms with Crippen LogP contribution in [-0.2, 0) is 11.3 Å². The fourth-order valence-electron chi connectivity index (χ4n) is 1.62. The lowest BCUT2D eigenvalue weighted by atomic mass is 10.0. The quantitative estimate of drug-likeness (QED) is 0.707. The molecule has 0 saturated carbocycles. The third kappa shape index (κ3) is 1.49. The van der Waals surface area contributed by atoms with Crippen molar-refractivity contribution in [3.8, 4) is 0 Å². The molecule has 0 atom stereocenters. The molecule has 1 nitrogen and oxygen atoms in total. The Kier molecular flexibility index (Phi) is 2.46. The van der Waals surface area contributed by atoms with E-state index in [1.54, 1.807) is 19.2 Å². The Morgan fingerprint density at radius 2 is 1.79 bits per heavy atom. The number of benzene rings is 2. The van der Waals surface area contributed by atoms with Gasteiger partial charge in [0.1, 0.15) is 5.82 Å². The molecule has 0 radical (unpaired) electrons. The summed E-state index contributed by atoms with van der Waals surface area (Å²) in [7, 11) is 1.64. The van der Waals surface area contributed by atoms with Crippen LogP contribution in [0.1, 0.15) is 5.56 Å². The van der Waals surface area contributed by atoms with E-state index in [4.69, 9.17) is 4.74 Å². The van der Waals surface area contributed by atoms with Gasteiger partial charge in [-0.25, -0.2) is 4.39 Å². The second kappa shape index (κ2) is 3.76. The van der Waals surface area contributed by atoms with E-state index >= 15 is 0 Å². The molecule has 0 aliphatic heterocycles. The van der Waals surface area contributed by atoms with Gasteiger partial charge in [-0.05, 0) is 17.0 Å². The first kappa shape index (κ1) is 9.16. The van der Waals surface area contributed by atoms with Gasteiger partial charge in [-0.15, -0.1) is 0 Å². The monoisotopic (exact) mass is 190 g/mol. The van der Waals surface area contributed by atoms with Crippen LogP contribution >= 0.6 is 0 Å². The highest BCUT2D eigenvalue weighted by atomic mass is 19.1. The van der Waals surface area contributed by atoms with E-state index in [0.717, 1.165) is 10.9 Å². The van der Waals surface area contributed by atoms with Crippen LogP contribution in [0.5, 0.6) is 0 Å². The molecule has 2 aromatic rings. The standard InChI is InChI=1S/C12H11FO/c1-14-8-9-4-2-6-11-10(9)5-3-7-12(11)13/h2-7H,8H2,1H3. The Morgan fingerprint density at radius 3 is 2.57 bits per heavy atom. The fourth-order valence-corrected chi connectivity index (χ4v) is 1.62. The maximum atomic E-state index is 13.4. The van der Waals surface area contributed by atoms with Gasteiger partial charge in [-0.1, -0.05) is 30.3 Å². The van der Waals surface area contributed by atoms with Gasteiger partial charge in [0.25, 0.3) is 0 Å². The van der Waals surface area contributed by atoms with Crippen molar-refractivity contribution in [2.24, 2.45) is 0 Å². The second-order valence-electron chi connectivity index (χ2n) is 3.19. The van der Waals surface area contributed by atoms with Crippen LogP contribution in [0.2, 0.25) is 0 Å². The highest BCUT2D eigenvalue weighted by molar-refractivity contribution is 5.86. The van der Waals surface area contributed by atoms with Gasteiger partial charge in [0.2, 0.25) is 0 Å². The summed E-state index contributed by atoms with van der Waals surface area (Å²) < 4.78 is 18.4.